The summed E-state index contributed by atoms with van der Waals surface area (Å²) in [6.07, 6.45) is 6.42. The van der Waals surface area contributed by atoms with Crippen molar-refractivity contribution in [3.05, 3.63) is 54.1 Å². The summed E-state index contributed by atoms with van der Waals surface area (Å²) in [5.41, 5.74) is 2.58. The minimum Gasteiger partial charge on any atom is -0.370 e. The van der Waals surface area contributed by atoms with Gasteiger partial charge in [-0.15, -0.1) is 0 Å². The molecular weight excluding hydrogens is 158 g/mol. The topological polar surface area (TPSA) is 3.24 Å². The van der Waals surface area contributed by atoms with E-state index in [1.165, 1.54) is 11.3 Å². The molecule has 1 nitrogen and oxygen atoms in total. The highest BCUT2D eigenvalue weighted by molar-refractivity contribution is 5.66. The van der Waals surface area contributed by atoms with Crippen LogP contribution in [0, 0.1) is 0 Å². The van der Waals surface area contributed by atoms with E-state index < -0.39 is 0 Å². The predicted molar refractivity (Wildman–Crippen MR) is 56.2 cm³/mol. The van der Waals surface area contributed by atoms with Crippen LogP contribution in [0.4, 0.5) is 0 Å². The van der Waals surface area contributed by atoms with E-state index >= 15 is 0 Å². The summed E-state index contributed by atoms with van der Waals surface area (Å²) >= 11 is 0. The first kappa shape index (κ1) is 8.11. The van der Waals surface area contributed by atoms with Crippen molar-refractivity contribution in [3.8, 4) is 0 Å². The van der Waals surface area contributed by atoms with Gasteiger partial charge in [0, 0.05) is 19.3 Å². The fourth-order valence-corrected chi connectivity index (χ4v) is 1.53. The van der Waals surface area contributed by atoms with Gasteiger partial charge in [0.2, 0.25) is 0 Å². The lowest BCUT2D eigenvalue weighted by molar-refractivity contribution is 0.531. The first-order chi connectivity index (χ1) is 6.38. The van der Waals surface area contributed by atoms with Crippen LogP contribution in [0.1, 0.15) is 5.56 Å². The minimum atomic E-state index is 1.00. The molecule has 0 spiro atoms. The molecule has 0 unspecified atom stereocenters. The number of nitrogens with zero attached hydrogens (tertiary/aromatic N) is 1. The molecule has 66 valence electrons. The van der Waals surface area contributed by atoms with Crippen molar-refractivity contribution in [1.82, 2.24) is 4.90 Å². The van der Waals surface area contributed by atoms with Crippen molar-refractivity contribution in [2.24, 2.45) is 0 Å². The van der Waals surface area contributed by atoms with Gasteiger partial charge in [-0.1, -0.05) is 42.5 Å². The summed E-state index contributed by atoms with van der Waals surface area (Å²) in [6, 6.07) is 10.5. The van der Waals surface area contributed by atoms with Crippen molar-refractivity contribution in [1.29, 1.82) is 0 Å². The molecule has 1 heterocycles. The average Bonchev–Trinajstić information content (AvgIpc) is 2.20. The third-order valence-electron chi connectivity index (χ3n) is 2.25. The molecule has 0 amide bonds. The third kappa shape index (κ3) is 1.64. The molecule has 1 aliphatic rings. The molecule has 1 aromatic rings. The second kappa shape index (κ2) is 3.48. The Bertz CT molecular complexity index is 335. The van der Waals surface area contributed by atoms with E-state index in [4.69, 9.17) is 0 Å². The highest BCUT2D eigenvalue weighted by atomic mass is 15.1. The minimum absolute atomic E-state index is 1.00. The SMILES string of the molecule is CN1CC=CC=C1c1ccccc1. The molecule has 0 aliphatic carbocycles. The van der Waals surface area contributed by atoms with E-state index in [-0.39, 0.29) is 0 Å². The van der Waals surface area contributed by atoms with Crippen LogP contribution < -0.4 is 0 Å². The van der Waals surface area contributed by atoms with Gasteiger partial charge >= 0.3 is 0 Å². The van der Waals surface area contributed by atoms with Gasteiger partial charge < -0.3 is 4.90 Å². The van der Waals surface area contributed by atoms with Gasteiger partial charge in [0.15, 0.2) is 0 Å². The van der Waals surface area contributed by atoms with Crippen molar-refractivity contribution in [3.63, 3.8) is 0 Å². The van der Waals surface area contributed by atoms with Gasteiger partial charge in [-0.3, -0.25) is 0 Å². The molecule has 0 N–H and O–H groups in total. The number of hydrogen-bond acceptors (Lipinski definition) is 1. The molecular formula is C12H13N. The van der Waals surface area contributed by atoms with Crippen LogP contribution >= 0.6 is 0 Å². The predicted octanol–water partition coefficient (Wildman–Crippen LogP) is 2.53. The molecule has 0 saturated heterocycles. The van der Waals surface area contributed by atoms with Crippen LogP contribution in [0.2, 0.25) is 0 Å². The summed E-state index contributed by atoms with van der Waals surface area (Å²) in [6.45, 7) is 1.00. The zero-order chi connectivity index (χ0) is 9.10. The summed E-state index contributed by atoms with van der Waals surface area (Å²) in [7, 11) is 2.11. The highest BCUT2D eigenvalue weighted by Gasteiger charge is 2.06. The van der Waals surface area contributed by atoms with Crippen molar-refractivity contribution >= 4 is 5.70 Å². The van der Waals surface area contributed by atoms with Gasteiger partial charge in [0.1, 0.15) is 0 Å². The van der Waals surface area contributed by atoms with Gasteiger partial charge in [-0.2, -0.15) is 0 Å². The zero-order valence-corrected chi connectivity index (χ0v) is 7.77. The maximum Gasteiger partial charge on any atom is 0.0439 e. The van der Waals surface area contributed by atoms with Crippen LogP contribution in [0.5, 0.6) is 0 Å². The Morgan fingerprint density at radius 3 is 2.62 bits per heavy atom. The summed E-state index contributed by atoms with van der Waals surface area (Å²) in [5, 5.41) is 0. The van der Waals surface area contributed by atoms with E-state index in [2.05, 4.69) is 54.4 Å². The third-order valence-corrected chi connectivity index (χ3v) is 2.25. The normalized spacial score (nSPS) is 15.8. The smallest absolute Gasteiger partial charge is 0.0439 e. The lowest BCUT2D eigenvalue weighted by Crippen LogP contribution is -2.18. The summed E-state index contributed by atoms with van der Waals surface area (Å²) in [5.74, 6) is 0. The second-order valence-electron chi connectivity index (χ2n) is 3.23. The van der Waals surface area contributed by atoms with Gasteiger partial charge in [0.25, 0.3) is 0 Å². The van der Waals surface area contributed by atoms with E-state index in [1.807, 2.05) is 6.07 Å². The molecule has 1 aromatic carbocycles. The first-order valence-electron chi connectivity index (χ1n) is 4.51. The molecule has 0 radical (unpaired) electrons. The van der Waals surface area contributed by atoms with E-state index in [9.17, 15) is 0 Å². The lowest BCUT2D eigenvalue weighted by atomic mass is 10.1. The fraction of sp³-hybridized carbons (Fsp3) is 0.167. The quantitative estimate of drug-likeness (QED) is 0.627. The highest BCUT2D eigenvalue weighted by Crippen LogP contribution is 2.19. The first-order valence-corrected chi connectivity index (χ1v) is 4.51. The molecule has 0 aromatic heterocycles. The molecule has 0 saturated carbocycles. The number of hydrogen-bond donors (Lipinski definition) is 0. The van der Waals surface area contributed by atoms with Crippen molar-refractivity contribution < 1.29 is 0 Å². The fourth-order valence-electron chi connectivity index (χ4n) is 1.53. The maximum absolute atomic E-state index is 2.25. The number of benzene rings is 1. The van der Waals surface area contributed by atoms with Crippen LogP contribution in [0.15, 0.2) is 48.6 Å². The summed E-state index contributed by atoms with van der Waals surface area (Å²) in [4.78, 5) is 2.25. The largest absolute Gasteiger partial charge is 0.370 e. The van der Waals surface area contributed by atoms with E-state index in [0.29, 0.717) is 0 Å². The van der Waals surface area contributed by atoms with Crippen LogP contribution in [-0.2, 0) is 0 Å². The van der Waals surface area contributed by atoms with Gasteiger partial charge in [-0.25, -0.2) is 0 Å². The van der Waals surface area contributed by atoms with Gasteiger partial charge in [-0.05, 0) is 11.6 Å². The Morgan fingerprint density at radius 1 is 1.15 bits per heavy atom. The average molecular weight is 171 g/mol. The molecule has 1 aliphatic heterocycles. The van der Waals surface area contributed by atoms with E-state index in [0.717, 1.165) is 6.54 Å². The van der Waals surface area contributed by atoms with E-state index in [1.54, 1.807) is 0 Å². The molecule has 1 heteroatoms. The van der Waals surface area contributed by atoms with Crippen LogP contribution in [0.25, 0.3) is 5.70 Å². The van der Waals surface area contributed by atoms with Gasteiger partial charge in [0.05, 0.1) is 0 Å². The molecule has 13 heavy (non-hydrogen) atoms. The van der Waals surface area contributed by atoms with Crippen molar-refractivity contribution in [2.45, 2.75) is 0 Å². The number of rotatable bonds is 1. The Labute approximate surface area is 79.0 Å². The van der Waals surface area contributed by atoms with Crippen LogP contribution in [0.3, 0.4) is 0 Å². The molecule has 0 fully saturated rings. The molecule has 0 atom stereocenters. The molecule has 0 bridgehead atoms. The second-order valence-corrected chi connectivity index (χ2v) is 3.23. The zero-order valence-electron chi connectivity index (χ0n) is 7.77. The Morgan fingerprint density at radius 2 is 1.92 bits per heavy atom. The standard InChI is InChI=1S/C12H13N/c1-13-10-6-5-9-12(13)11-7-3-2-4-8-11/h2-9H,10H2,1H3. The van der Waals surface area contributed by atoms with Crippen LogP contribution in [-0.4, -0.2) is 18.5 Å². The maximum atomic E-state index is 2.25. The Kier molecular flexibility index (Phi) is 2.17. The van der Waals surface area contributed by atoms with Crippen molar-refractivity contribution in [2.75, 3.05) is 13.6 Å². The number of allylic oxidation sites excluding steroid dienone is 2. The Balaban J connectivity index is 2.35. The molecule has 2 rings (SSSR count). The Hall–Kier alpha value is -1.50. The summed E-state index contributed by atoms with van der Waals surface area (Å²) < 4.78 is 0. The monoisotopic (exact) mass is 171 g/mol. The number of likely N-dealkylation sites (N-methyl/N-ethyl adjacent to an activating group) is 1. The lowest BCUT2D eigenvalue weighted by Gasteiger charge is -2.23.